The summed E-state index contributed by atoms with van der Waals surface area (Å²) in [5, 5.41) is 119. The number of phenols is 7. The van der Waals surface area contributed by atoms with Crippen LogP contribution in [-0.4, -0.2) is 111 Å². The van der Waals surface area contributed by atoms with Gasteiger partial charge in [-0.3, -0.25) is 0 Å². The van der Waals surface area contributed by atoms with Crippen LogP contribution in [0.25, 0.3) is 0 Å². The standard InChI is InChI=1S/C27H26O18/c28-6-17-19(35)20(36)22(38)27(44-17)45-24-14(32)1-8(2-15(24)33)7-42-26(41)9-3-11(29)12(30)5-16(9)43-23-10(25(39)40)4-13(31)18(34)21(23)37/h1-5,17,19-20,22,27-38H,6-7H2,(H,39,40). The Morgan fingerprint density at radius 2 is 1.31 bits per heavy atom. The van der Waals surface area contributed by atoms with E-state index >= 15 is 0 Å². The summed E-state index contributed by atoms with van der Waals surface area (Å²) in [6, 6.07) is 3.76. The number of hydrogen-bond donors (Lipinski definition) is 12. The molecule has 5 unspecified atom stereocenters. The predicted octanol–water partition coefficient (Wildman–Crippen LogP) is -0.348. The average molecular weight is 638 g/mol. The van der Waals surface area contributed by atoms with Crippen LogP contribution < -0.4 is 9.47 Å². The number of carbonyl (C=O) groups is 2. The Morgan fingerprint density at radius 1 is 0.711 bits per heavy atom. The van der Waals surface area contributed by atoms with Crippen LogP contribution >= 0.6 is 0 Å². The third kappa shape index (κ3) is 6.44. The van der Waals surface area contributed by atoms with Crippen molar-refractivity contribution in [1.29, 1.82) is 0 Å². The van der Waals surface area contributed by atoms with E-state index in [0.717, 1.165) is 12.1 Å². The monoisotopic (exact) mass is 638 g/mol. The minimum Gasteiger partial charge on any atom is -0.504 e. The lowest BCUT2D eigenvalue weighted by Gasteiger charge is -2.39. The van der Waals surface area contributed by atoms with Crippen molar-refractivity contribution in [3.63, 3.8) is 0 Å². The lowest BCUT2D eigenvalue weighted by molar-refractivity contribution is -0.277. The molecule has 12 N–H and O–H groups in total. The van der Waals surface area contributed by atoms with Crippen molar-refractivity contribution in [3.05, 3.63) is 47.0 Å². The normalized spacial score (nSPS) is 21.2. The van der Waals surface area contributed by atoms with Gasteiger partial charge in [-0.1, -0.05) is 0 Å². The molecule has 1 heterocycles. The van der Waals surface area contributed by atoms with Gasteiger partial charge in [0, 0.05) is 18.2 Å². The molecule has 242 valence electrons. The first-order chi connectivity index (χ1) is 21.1. The highest BCUT2D eigenvalue weighted by Crippen LogP contribution is 2.48. The molecule has 5 atom stereocenters. The van der Waals surface area contributed by atoms with Gasteiger partial charge in [0.05, 0.1) is 6.61 Å². The molecule has 0 aromatic heterocycles. The Morgan fingerprint density at radius 3 is 1.91 bits per heavy atom. The van der Waals surface area contributed by atoms with E-state index in [1.165, 1.54) is 0 Å². The highest BCUT2D eigenvalue weighted by Gasteiger charge is 2.45. The van der Waals surface area contributed by atoms with Crippen LogP contribution in [-0.2, 0) is 16.1 Å². The molecule has 18 nitrogen and oxygen atoms in total. The Hall–Kier alpha value is -5.40. The van der Waals surface area contributed by atoms with Gasteiger partial charge in [0.2, 0.25) is 23.5 Å². The number of aliphatic hydroxyl groups excluding tert-OH is 4. The summed E-state index contributed by atoms with van der Waals surface area (Å²) in [6.07, 6.45) is -8.46. The number of hydrogen-bond acceptors (Lipinski definition) is 17. The SMILES string of the molecule is O=C(OCc1cc(O)c(OC2OC(CO)C(O)C(O)C2O)c(O)c1)c1cc(O)c(O)cc1Oc1c(C(=O)O)cc(O)c(O)c1O. The Kier molecular flexibility index (Phi) is 9.16. The summed E-state index contributed by atoms with van der Waals surface area (Å²) < 4.78 is 20.8. The lowest BCUT2D eigenvalue weighted by Crippen LogP contribution is -2.60. The van der Waals surface area contributed by atoms with Gasteiger partial charge in [-0.05, 0) is 17.7 Å². The van der Waals surface area contributed by atoms with Crippen LogP contribution in [0, 0.1) is 0 Å². The fourth-order valence-corrected chi connectivity index (χ4v) is 4.17. The van der Waals surface area contributed by atoms with Crippen molar-refractivity contribution in [2.45, 2.75) is 37.3 Å². The van der Waals surface area contributed by atoms with Crippen LogP contribution in [0.3, 0.4) is 0 Å². The molecular weight excluding hydrogens is 612 g/mol. The summed E-state index contributed by atoms with van der Waals surface area (Å²) in [6.45, 7) is -1.45. The number of esters is 1. The summed E-state index contributed by atoms with van der Waals surface area (Å²) in [7, 11) is 0. The molecule has 0 amide bonds. The molecule has 3 aromatic carbocycles. The number of ether oxygens (including phenoxy) is 4. The Bertz CT molecular complexity index is 1590. The highest BCUT2D eigenvalue weighted by molar-refractivity contribution is 5.96. The van der Waals surface area contributed by atoms with E-state index < -0.39 is 124 Å². The maximum absolute atomic E-state index is 12.9. The molecule has 1 saturated heterocycles. The molecule has 45 heavy (non-hydrogen) atoms. The lowest BCUT2D eigenvalue weighted by atomic mass is 9.99. The fraction of sp³-hybridized carbons (Fsp3) is 0.259. The zero-order valence-corrected chi connectivity index (χ0v) is 22.5. The summed E-state index contributed by atoms with van der Waals surface area (Å²) >= 11 is 0. The van der Waals surface area contributed by atoms with Gasteiger partial charge in [-0.15, -0.1) is 0 Å². The minimum absolute atomic E-state index is 0.0702. The molecule has 1 fully saturated rings. The molecule has 4 rings (SSSR count). The van der Waals surface area contributed by atoms with Gasteiger partial charge in [0.25, 0.3) is 0 Å². The first-order valence-corrected chi connectivity index (χ1v) is 12.6. The second kappa shape index (κ2) is 12.7. The van der Waals surface area contributed by atoms with E-state index in [1.54, 1.807) is 0 Å². The maximum atomic E-state index is 12.9. The number of phenolic OH excluding ortho intramolecular Hbond substituents is 7. The number of aromatic carboxylic acids is 1. The second-order valence-corrected chi connectivity index (χ2v) is 9.57. The molecule has 0 bridgehead atoms. The summed E-state index contributed by atoms with van der Waals surface area (Å²) in [5.74, 6) is -12.0. The smallest absolute Gasteiger partial charge is 0.342 e. The van der Waals surface area contributed by atoms with E-state index in [-0.39, 0.29) is 5.56 Å². The fourth-order valence-electron chi connectivity index (χ4n) is 4.17. The van der Waals surface area contributed by atoms with Gasteiger partial charge < -0.3 is 80.2 Å². The van der Waals surface area contributed by atoms with Crippen molar-refractivity contribution in [1.82, 2.24) is 0 Å². The maximum Gasteiger partial charge on any atom is 0.342 e. The summed E-state index contributed by atoms with van der Waals surface area (Å²) in [5.41, 5.74) is -1.59. The minimum atomic E-state index is -1.86. The van der Waals surface area contributed by atoms with Crippen LogP contribution in [0.15, 0.2) is 30.3 Å². The van der Waals surface area contributed by atoms with Crippen molar-refractivity contribution in [2.24, 2.45) is 0 Å². The van der Waals surface area contributed by atoms with Gasteiger partial charge in [0.15, 0.2) is 34.5 Å². The molecule has 18 heteroatoms. The number of benzene rings is 3. The zero-order valence-electron chi connectivity index (χ0n) is 22.5. The Labute approximate surface area is 250 Å². The number of carbonyl (C=O) groups excluding carboxylic acids is 1. The third-order valence-corrected chi connectivity index (χ3v) is 6.51. The van der Waals surface area contributed by atoms with E-state index in [1.807, 2.05) is 0 Å². The van der Waals surface area contributed by atoms with Gasteiger partial charge in [0.1, 0.15) is 47.9 Å². The van der Waals surface area contributed by atoms with Crippen molar-refractivity contribution in [2.75, 3.05) is 6.61 Å². The summed E-state index contributed by atoms with van der Waals surface area (Å²) in [4.78, 5) is 24.6. The average Bonchev–Trinajstić information content (AvgIpc) is 2.99. The van der Waals surface area contributed by atoms with E-state index in [9.17, 15) is 70.9 Å². The molecular formula is C27H26O18. The highest BCUT2D eigenvalue weighted by atomic mass is 16.7. The largest absolute Gasteiger partial charge is 0.504 e. The van der Waals surface area contributed by atoms with Crippen LogP contribution in [0.5, 0.6) is 57.5 Å². The van der Waals surface area contributed by atoms with Gasteiger partial charge in [-0.25, -0.2) is 9.59 Å². The van der Waals surface area contributed by atoms with Crippen LogP contribution in [0.4, 0.5) is 0 Å². The van der Waals surface area contributed by atoms with Crippen molar-refractivity contribution >= 4 is 11.9 Å². The van der Waals surface area contributed by atoms with Gasteiger partial charge in [-0.2, -0.15) is 0 Å². The van der Waals surface area contributed by atoms with E-state index in [2.05, 4.69) is 0 Å². The topological polar surface area (TPSA) is 314 Å². The van der Waals surface area contributed by atoms with Crippen molar-refractivity contribution in [3.8, 4) is 57.5 Å². The van der Waals surface area contributed by atoms with E-state index in [0.29, 0.717) is 18.2 Å². The molecule has 0 saturated carbocycles. The molecule has 0 spiro atoms. The van der Waals surface area contributed by atoms with Crippen molar-refractivity contribution < 1.29 is 89.8 Å². The number of carboxylic acids is 1. The Balaban J connectivity index is 1.56. The molecule has 1 aliphatic heterocycles. The first kappa shape index (κ1) is 32.5. The molecule has 3 aromatic rings. The number of carboxylic acid groups (broad SMARTS) is 1. The van der Waals surface area contributed by atoms with Crippen LogP contribution in [0.2, 0.25) is 0 Å². The number of rotatable bonds is 9. The molecule has 1 aliphatic rings. The quantitative estimate of drug-likeness (QED) is 0.105. The number of aliphatic hydroxyl groups is 4. The molecule has 0 radical (unpaired) electrons. The third-order valence-electron chi connectivity index (χ3n) is 6.51. The predicted molar refractivity (Wildman–Crippen MR) is 142 cm³/mol. The molecule has 0 aliphatic carbocycles. The zero-order chi connectivity index (χ0) is 33.3. The van der Waals surface area contributed by atoms with Gasteiger partial charge >= 0.3 is 11.9 Å². The van der Waals surface area contributed by atoms with E-state index in [4.69, 9.17) is 18.9 Å². The number of aromatic hydroxyl groups is 7. The second-order valence-electron chi connectivity index (χ2n) is 9.57. The van der Waals surface area contributed by atoms with Crippen LogP contribution in [0.1, 0.15) is 26.3 Å². The first-order valence-electron chi connectivity index (χ1n) is 12.6.